The second-order valence-corrected chi connectivity index (χ2v) is 2.56. The molecule has 0 unspecified atom stereocenters. The largest absolute Gasteiger partial charge is 0.478 e. The molecule has 5 N–H and O–H groups in total. The molecule has 1 amide bonds. The summed E-state index contributed by atoms with van der Waals surface area (Å²) in [7, 11) is 0. The lowest BCUT2D eigenvalue weighted by Crippen LogP contribution is -2.11. The van der Waals surface area contributed by atoms with Gasteiger partial charge in [0.05, 0.1) is 6.61 Å². The van der Waals surface area contributed by atoms with Gasteiger partial charge in [0.15, 0.2) is 6.29 Å². The number of aliphatic hydroxyl groups is 2. The van der Waals surface area contributed by atoms with Crippen LogP contribution < -0.4 is 5.73 Å². The van der Waals surface area contributed by atoms with Gasteiger partial charge in [-0.3, -0.25) is 0 Å². The molecule has 0 bridgehead atoms. The van der Waals surface area contributed by atoms with E-state index in [1.165, 1.54) is 0 Å². The van der Waals surface area contributed by atoms with Crippen molar-refractivity contribution in [2.45, 2.75) is 33.0 Å². The minimum Gasteiger partial charge on any atom is -0.478 e. The molecule has 0 aromatic heterocycles. The van der Waals surface area contributed by atoms with Crippen molar-refractivity contribution in [3.63, 3.8) is 0 Å². The van der Waals surface area contributed by atoms with Gasteiger partial charge < -0.3 is 25.8 Å². The first-order chi connectivity index (χ1) is 7.81. The number of carbonyl (C=O) groups is 2. The van der Waals surface area contributed by atoms with Gasteiger partial charge in [0.25, 0.3) is 0 Å². The van der Waals surface area contributed by atoms with Gasteiger partial charge in [0.2, 0.25) is 0 Å². The Morgan fingerprint density at radius 2 is 1.82 bits per heavy atom. The number of carbonyl (C=O) groups excluding carboxylic acids is 1. The van der Waals surface area contributed by atoms with Crippen molar-refractivity contribution in [2.24, 2.45) is 5.73 Å². The number of nitrogens with two attached hydrogens (primary N) is 1. The molecule has 0 aliphatic heterocycles. The summed E-state index contributed by atoms with van der Waals surface area (Å²) in [4.78, 5) is 18.8. The van der Waals surface area contributed by atoms with E-state index in [1.54, 1.807) is 6.92 Å². The summed E-state index contributed by atoms with van der Waals surface area (Å²) < 4.78 is 4.18. The lowest BCUT2D eigenvalue weighted by atomic mass is 10.3. The van der Waals surface area contributed by atoms with Gasteiger partial charge in [-0.1, -0.05) is 19.9 Å². The summed E-state index contributed by atoms with van der Waals surface area (Å²) in [5.74, 6) is -0.981. The average Bonchev–Trinajstić information content (AvgIpc) is 2.19. The van der Waals surface area contributed by atoms with Crippen molar-refractivity contribution in [3.8, 4) is 0 Å². The molecule has 0 rings (SSSR count). The molecule has 0 saturated heterocycles. The van der Waals surface area contributed by atoms with Crippen LogP contribution >= 0.6 is 0 Å². The Labute approximate surface area is 101 Å². The fourth-order valence-corrected chi connectivity index (χ4v) is 0.400. The van der Waals surface area contributed by atoms with Crippen molar-refractivity contribution >= 4 is 12.1 Å². The van der Waals surface area contributed by atoms with E-state index >= 15 is 0 Å². The van der Waals surface area contributed by atoms with E-state index in [4.69, 9.17) is 15.3 Å². The molecule has 0 saturated carbocycles. The molecule has 17 heavy (non-hydrogen) atoms. The summed E-state index contributed by atoms with van der Waals surface area (Å²) in [6, 6.07) is 0. The number of primary amides is 1. The number of carboxylic acid groups (broad SMARTS) is 1. The summed E-state index contributed by atoms with van der Waals surface area (Å²) in [5, 5.41) is 23.8. The number of hydrogen-bond donors (Lipinski definition) is 4. The highest BCUT2D eigenvalue weighted by Gasteiger charge is 1.89. The molecule has 0 fully saturated rings. The van der Waals surface area contributed by atoms with Gasteiger partial charge in [0, 0.05) is 6.08 Å². The van der Waals surface area contributed by atoms with Crippen LogP contribution in [0.15, 0.2) is 12.7 Å². The molecular weight excluding hydrogens is 230 g/mol. The maximum atomic E-state index is 9.60. The van der Waals surface area contributed by atoms with Crippen molar-refractivity contribution in [1.29, 1.82) is 0 Å². The Balaban J connectivity index is -0.000000174. The lowest BCUT2D eigenvalue weighted by Gasteiger charge is -1.94. The van der Waals surface area contributed by atoms with E-state index < -0.39 is 18.4 Å². The maximum absolute atomic E-state index is 9.60. The minimum absolute atomic E-state index is 0.356. The SMILES string of the molecule is C=CC(=O)O.CCCC(O)O.CCOC(N)=O. The maximum Gasteiger partial charge on any atom is 0.404 e. The number of rotatable bonds is 4. The van der Waals surface area contributed by atoms with Crippen molar-refractivity contribution in [2.75, 3.05) is 6.61 Å². The number of carboxylic acids is 1. The molecule has 0 atom stereocenters. The predicted molar refractivity (Wildman–Crippen MR) is 62.2 cm³/mol. The Hall–Kier alpha value is -1.60. The first kappa shape index (κ1) is 20.8. The molecule has 7 nitrogen and oxygen atoms in total. The van der Waals surface area contributed by atoms with E-state index in [2.05, 4.69) is 17.0 Å². The van der Waals surface area contributed by atoms with Crippen LogP contribution in [0.1, 0.15) is 26.7 Å². The molecule has 0 spiro atoms. The first-order valence-electron chi connectivity index (χ1n) is 4.95. The minimum atomic E-state index is -1.10. The average molecular weight is 251 g/mol. The Morgan fingerprint density at radius 1 is 1.41 bits per heavy atom. The molecular formula is C10H21NO6. The van der Waals surface area contributed by atoms with Crippen LogP contribution in [0, 0.1) is 0 Å². The van der Waals surface area contributed by atoms with E-state index in [1.807, 2.05) is 6.92 Å². The summed E-state index contributed by atoms with van der Waals surface area (Å²) >= 11 is 0. The summed E-state index contributed by atoms with van der Waals surface area (Å²) in [6.45, 7) is 6.92. The Kier molecular flexibility index (Phi) is 20.5. The zero-order valence-electron chi connectivity index (χ0n) is 10.1. The van der Waals surface area contributed by atoms with Gasteiger partial charge in [-0.15, -0.1) is 0 Å². The molecule has 0 aromatic rings. The van der Waals surface area contributed by atoms with Crippen LogP contribution in [0.3, 0.4) is 0 Å². The highest BCUT2D eigenvalue weighted by Crippen LogP contribution is 1.88. The Morgan fingerprint density at radius 3 is 1.82 bits per heavy atom. The van der Waals surface area contributed by atoms with E-state index in [-0.39, 0.29) is 0 Å². The van der Waals surface area contributed by atoms with E-state index in [9.17, 15) is 9.59 Å². The number of hydrogen-bond acceptors (Lipinski definition) is 5. The third kappa shape index (κ3) is 54.1. The zero-order chi connectivity index (χ0) is 14.3. The highest BCUT2D eigenvalue weighted by atomic mass is 16.5. The van der Waals surface area contributed by atoms with Crippen molar-refractivity contribution in [3.05, 3.63) is 12.7 Å². The van der Waals surface area contributed by atoms with Crippen LogP contribution in [0.2, 0.25) is 0 Å². The normalized spacial score (nSPS) is 8.06. The Bertz CT molecular complexity index is 205. The highest BCUT2D eigenvalue weighted by molar-refractivity contribution is 5.78. The topological polar surface area (TPSA) is 130 Å². The second-order valence-electron chi connectivity index (χ2n) is 2.56. The number of aliphatic carboxylic acids is 1. The molecule has 0 radical (unpaired) electrons. The van der Waals surface area contributed by atoms with Crippen LogP contribution in [-0.4, -0.2) is 40.3 Å². The molecule has 0 aromatic carbocycles. The van der Waals surface area contributed by atoms with Gasteiger partial charge in [-0.05, 0) is 13.3 Å². The number of aliphatic hydroxyl groups excluding tert-OH is 1. The number of amides is 1. The van der Waals surface area contributed by atoms with Gasteiger partial charge >= 0.3 is 12.1 Å². The standard InChI is InChI=1S/C4H10O2.C3H7NO2.C3H4O2/c1-2-3-4(5)6;1-2-6-3(4)5;1-2-3(4)5/h4-6H,2-3H2,1H3;2H2,1H3,(H2,4,5);2H,1H2,(H,4,5). The number of ether oxygens (including phenoxy) is 1. The van der Waals surface area contributed by atoms with E-state index in [0.717, 1.165) is 12.5 Å². The van der Waals surface area contributed by atoms with Gasteiger partial charge in [-0.25, -0.2) is 9.59 Å². The molecule has 7 heteroatoms. The fourth-order valence-electron chi connectivity index (χ4n) is 0.400. The third-order valence-electron chi connectivity index (χ3n) is 1.01. The van der Waals surface area contributed by atoms with E-state index in [0.29, 0.717) is 13.0 Å². The summed E-state index contributed by atoms with van der Waals surface area (Å²) in [5.41, 5.74) is 4.54. The molecule has 102 valence electrons. The van der Waals surface area contributed by atoms with Crippen LogP contribution in [0.5, 0.6) is 0 Å². The van der Waals surface area contributed by atoms with Crippen LogP contribution in [0.25, 0.3) is 0 Å². The van der Waals surface area contributed by atoms with Crippen LogP contribution in [0.4, 0.5) is 4.79 Å². The summed E-state index contributed by atoms with van der Waals surface area (Å²) in [6.07, 6.45) is 0.338. The smallest absolute Gasteiger partial charge is 0.404 e. The van der Waals surface area contributed by atoms with Crippen molar-refractivity contribution < 1.29 is 29.6 Å². The van der Waals surface area contributed by atoms with Gasteiger partial charge in [-0.2, -0.15) is 0 Å². The molecule has 0 heterocycles. The molecule has 0 aliphatic carbocycles. The third-order valence-corrected chi connectivity index (χ3v) is 1.01. The monoisotopic (exact) mass is 251 g/mol. The van der Waals surface area contributed by atoms with Crippen molar-refractivity contribution in [1.82, 2.24) is 0 Å². The predicted octanol–water partition coefficient (Wildman–Crippen LogP) is 0.456. The fraction of sp³-hybridized carbons (Fsp3) is 0.600. The lowest BCUT2D eigenvalue weighted by molar-refractivity contribution is -0.131. The zero-order valence-corrected chi connectivity index (χ0v) is 10.1. The quantitative estimate of drug-likeness (QED) is 0.424. The van der Waals surface area contributed by atoms with Crippen LogP contribution in [-0.2, 0) is 9.53 Å². The molecule has 0 aliphatic rings. The second kappa shape index (κ2) is 16.8. The first-order valence-corrected chi connectivity index (χ1v) is 4.95. The van der Waals surface area contributed by atoms with Gasteiger partial charge in [0.1, 0.15) is 0 Å².